The zero-order valence-electron chi connectivity index (χ0n) is 15.3. The molecule has 0 unspecified atom stereocenters. The van der Waals surface area contributed by atoms with Crippen LogP contribution in [0.25, 0.3) is 0 Å². The van der Waals surface area contributed by atoms with Crippen LogP contribution in [0, 0.1) is 10.1 Å². The van der Waals surface area contributed by atoms with Crippen LogP contribution in [0.1, 0.15) is 5.56 Å². The molecule has 0 aromatic heterocycles. The third kappa shape index (κ3) is 3.27. The Morgan fingerprint density at radius 1 is 0.900 bits per heavy atom. The summed E-state index contributed by atoms with van der Waals surface area (Å²) < 4.78 is 27.1. The number of rotatable bonds is 4. The van der Waals surface area contributed by atoms with E-state index in [1.807, 2.05) is 0 Å². The van der Waals surface area contributed by atoms with Gasteiger partial charge >= 0.3 is 6.03 Å². The van der Waals surface area contributed by atoms with Gasteiger partial charge in [0.25, 0.3) is 15.7 Å². The second-order valence-corrected chi connectivity index (χ2v) is 8.64. The van der Waals surface area contributed by atoms with E-state index in [4.69, 9.17) is 11.6 Å². The van der Waals surface area contributed by atoms with Gasteiger partial charge in [-0.2, -0.15) is 4.31 Å². The Morgan fingerprint density at radius 3 is 2.13 bits per heavy atom. The van der Waals surface area contributed by atoms with Crippen molar-refractivity contribution in [2.75, 3.05) is 9.21 Å². The molecule has 1 aliphatic rings. The Kier molecular flexibility index (Phi) is 4.92. The number of nitrogens with zero attached hydrogens (tertiary/aromatic N) is 3. The van der Waals surface area contributed by atoms with Crippen molar-refractivity contribution in [3.63, 3.8) is 0 Å². The second-order valence-electron chi connectivity index (χ2n) is 6.48. The van der Waals surface area contributed by atoms with E-state index in [0.29, 0.717) is 9.87 Å². The molecule has 1 heterocycles. The quantitative estimate of drug-likeness (QED) is 0.433. The Bertz CT molecular complexity index is 1260. The first-order valence-corrected chi connectivity index (χ1v) is 10.6. The summed E-state index contributed by atoms with van der Waals surface area (Å²) in [6, 6.07) is 17.3. The zero-order chi connectivity index (χ0) is 21.5. The fraction of sp³-hybridized carbons (Fsp3) is 0.0500. The summed E-state index contributed by atoms with van der Waals surface area (Å²) in [5, 5.41) is 11.0. The number of nitro groups is 1. The number of non-ortho nitro benzene ring substituents is 1. The number of nitro benzene ring substituents is 1. The number of anilines is 2. The lowest BCUT2D eigenvalue weighted by Gasteiger charge is -2.36. The maximum Gasteiger partial charge on any atom is 0.343 e. The number of halogens is 1. The van der Waals surface area contributed by atoms with Gasteiger partial charge in [-0.05, 0) is 29.8 Å². The Morgan fingerprint density at radius 2 is 1.50 bits per heavy atom. The molecule has 3 aromatic rings. The number of amides is 2. The molecule has 0 aliphatic carbocycles. The van der Waals surface area contributed by atoms with Gasteiger partial charge in [-0.1, -0.05) is 48.0 Å². The normalized spacial score (nSPS) is 15.0. The van der Waals surface area contributed by atoms with Gasteiger partial charge in [0, 0.05) is 12.1 Å². The number of para-hydroxylation sites is 2. The molecule has 4 rings (SSSR count). The molecule has 30 heavy (non-hydrogen) atoms. The van der Waals surface area contributed by atoms with E-state index in [0.717, 1.165) is 0 Å². The fourth-order valence-electron chi connectivity index (χ4n) is 3.22. The summed E-state index contributed by atoms with van der Waals surface area (Å²) >= 11 is 6.19. The monoisotopic (exact) mass is 443 g/mol. The topological polar surface area (TPSA) is 101 Å². The maximum absolute atomic E-state index is 13.3. The molecule has 0 radical (unpaired) electrons. The first kappa shape index (κ1) is 19.9. The van der Waals surface area contributed by atoms with Gasteiger partial charge < -0.3 is 0 Å². The second kappa shape index (κ2) is 7.43. The number of benzene rings is 3. The Labute approximate surface area is 177 Å². The minimum absolute atomic E-state index is 0.0182. The Balaban J connectivity index is 1.83. The SMILES string of the molecule is O=C1N(Cc2ccc([N+](=O)[O-])cc2)c2ccccc2S(=O)(=O)N1c1ccccc1Cl. The number of fused-ring (bicyclic) bond motifs is 1. The van der Waals surface area contributed by atoms with Gasteiger partial charge in [-0.3, -0.25) is 15.0 Å². The lowest BCUT2D eigenvalue weighted by molar-refractivity contribution is -0.384. The van der Waals surface area contributed by atoms with Gasteiger partial charge in [-0.25, -0.2) is 13.2 Å². The van der Waals surface area contributed by atoms with Crippen molar-refractivity contribution in [1.29, 1.82) is 0 Å². The molecular formula is C20H14ClN3O5S. The standard InChI is InChI=1S/C20H14ClN3O5S/c21-16-5-1-2-6-17(16)23-20(25)22(13-14-9-11-15(12-10-14)24(26)27)18-7-3-4-8-19(18)30(23,28)29/h1-12H,13H2. The molecule has 10 heteroatoms. The highest BCUT2D eigenvalue weighted by Gasteiger charge is 2.43. The molecule has 152 valence electrons. The third-order valence-electron chi connectivity index (χ3n) is 4.64. The molecule has 0 saturated carbocycles. The van der Waals surface area contributed by atoms with Crippen LogP contribution in [0.5, 0.6) is 0 Å². The predicted octanol–water partition coefficient (Wildman–Crippen LogP) is 4.58. The van der Waals surface area contributed by atoms with Gasteiger partial charge in [0.05, 0.1) is 27.9 Å². The molecule has 8 nitrogen and oxygen atoms in total. The summed E-state index contributed by atoms with van der Waals surface area (Å²) in [4.78, 5) is 25.0. The highest BCUT2D eigenvalue weighted by Crippen LogP contribution is 2.40. The number of carbonyl (C=O) groups is 1. The van der Waals surface area contributed by atoms with Gasteiger partial charge in [-0.15, -0.1) is 0 Å². The fourth-order valence-corrected chi connectivity index (χ4v) is 5.10. The average molecular weight is 444 g/mol. The van der Waals surface area contributed by atoms with Crippen LogP contribution < -0.4 is 9.21 Å². The summed E-state index contributed by atoms with van der Waals surface area (Å²) in [5.41, 5.74) is 0.795. The van der Waals surface area contributed by atoms with Gasteiger partial charge in [0.2, 0.25) is 0 Å². The van der Waals surface area contributed by atoms with Crippen LogP contribution in [0.4, 0.5) is 21.9 Å². The van der Waals surface area contributed by atoms with E-state index < -0.39 is 21.0 Å². The van der Waals surface area contributed by atoms with E-state index in [2.05, 4.69) is 0 Å². The summed E-state index contributed by atoms with van der Waals surface area (Å²) in [6.07, 6.45) is 0. The molecular weight excluding hydrogens is 430 g/mol. The van der Waals surface area contributed by atoms with E-state index in [-0.39, 0.29) is 33.5 Å². The van der Waals surface area contributed by atoms with Crippen LogP contribution in [-0.2, 0) is 16.6 Å². The van der Waals surface area contributed by atoms with E-state index in [9.17, 15) is 23.3 Å². The van der Waals surface area contributed by atoms with E-state index in [1.54, 1.807) is 30.3 Å². The zero-order valence-corrected chi connectivity index (χ0v) is 16.9. The minimum atomic E-state index is -4.18. The Hall–Kier alpha value is -3.43. The largest absolute Gasteiger partial charge is 0.343 e. The molecule has 0 saturated heterocycles. The minimum Gasteiger partial charge on any atom is -0.287 e. The van der Waals surface area contributed by atoms with Crippen LogP contribution in [0.3, 0.4) is 0 Å². The summed E-state index contributed by atoms with van der Waals surface area (Å²) in [5.74, 6) is 0. The first-order chi connectivity index (χ1) is 14.3. The van der Waals surface area contributed by atoms with Crippen LogP contribution in [0.2, 0.25) is 5.02 Å². The molecule has 0 atom stereocenters. The predicted molar refractivity (Wildman–Crippen MR) is 112 cm³/mol. The lowest BCUT2D eigenvalue weighted by Crippen LogP contribution is -2.50. The third-order valence-corrected chi connectivity index (χ3v) is 6.69. The molecule has 1 aliphatic heterocycles. The first-order valence-electron chi connectivity index (χ1n) is 8.74. The van der Waals surface area contributed by atoms with E-state index >= 15 is 0 Å². The molecule has 2 amide bonds. The summed E-state index contributed by atoms with van der Waals surface area (Å²) in [6.45, 7) is 0.0182. The number of hydrogen-bond donors (Lipinski definition) is 0. The highest BCUT2D eigenvalue weighted by atomic mass is 35.5. The van der Waals surface area contributed by atoms with E-state index in [1.165, 1.54) is 47.4 Å². The average Bonchev–Trinajstić information content (AvgIpc) is 2.73. The highest BCUT2D eigenvalue weighted by molar-refractivity contribution is 7.94. The smallest absolute Gasteiger partial charge is 0.287 e. The number of urea groups is 1. The van der Waals surface area contributed by atoms with Crippen molar-refractivity contribution in [2.45, 2.75) is 11.4 Å². The van der Waals surface area contributed by atoms with Crippen molar-refractivity contribution >= 4 is 44.7 Å². The van der Waals surface area contributed by atoms with Crippen molar-refractivity contribution in [3.8, 4) is 0 Å². The molecule has 0 bridgehead atoms. The van der Waals surface area contributed by atoms with Crippen molar-refractivity contribution in [1.82, 2.24) is 0 Å². The van der Waals surface area contributed by atoms with Gasteiger partial charge in [0.15, 0.2) is 0 Å². The molecule has 0 fully saturated rings. The van der Waals surface area contributed by atoms with Crippen LogP contribution >= 0.6 is 11.6 Å². The molecule has 3 aromatic carbocycles. The van der Waals surface area contributed by atoms with Gasteiger partial charge in [0.1, 0.15) is 4.90 Å². The lowest BCUT2D eigenvalue weighted by atomic mass is 10.2. The van der Waals surface area contributed by atoms with Crippen LogP contribution in [0.15, 0.2) is 77.7 Å². The van der Waals surface area contributed by atoms with Crippen molar-refractivity contribution in [2.24, 2.45) is 0 Å². The van der Waals surface area contributed by atoms with Crippen molar-refractivity contribution in [3.05, 3.63) is 93.5 Å². The number of carbonyl (C=O) groups excluding carboxylic acids is 1. The maximum atomic E-state index is 13.3. The molecule has 0 spiro atoms. The summed E-state index contributed by atoms with van der Waals surface area (Å²) in [7, 11) is -4.18. The number of sulfonamides is 1. The molecule has 0 N–H and O–H groups in total. The number of hydrogen-bond acceptors (Lipinski definition) is 5. The van der Waals surface area contributed by atoms with Crippen molar-refractivity contribution < 1.29 is 18.1 Å². The van der Waals surface area contributed by atoms with Crippen LogP contribution in [-0.4, -0.2) is 19.4 Å².